The van der Waals surface area contributed by atoms with Gasteiger partial charge in [-0.2, -0.15) is 4.98 Å². The maximum absolute atomic E-state index is 13.3. The molecular weight excluding hydrogens is 501 g/mol. The predicted molar refractivity (Wildman–Crippen MR) is 141 cm³/mol. The van der Waals surface area contributed by atoms with Gasteiger partial charge in [-0.15, -0.1) is 0 Å². The second-order valence-corrected chi connectivity index (χ2v) is 9.78. The Balaban J connectivity index is 1.25. The van der Waals surface area contributed by atoms with E-state index in [1.165, 1.54) is 16.8 Å². The average Bonchev–Trinajstić information content (AvgIpc) is 3.51. The number of para-hydroxylation sites is 1. The molecule has 3 N–H and O–H groups in total. The molecule has 0 saturated carbocycles. The van der Waals surface area contributed by atoms with Crippen molar-refractivity contribution in [2.45, 2.75) is 12.6 Å². The molecule has 1 amide bonds. The summed E-state index contributed by atoms with van der Waals surface area (Å²) in [6.07, 6.45) is 3.73. The molecule has 0 radical (unpaired) electrons. The predicted octanol–water partition coefficient (Wildman–Crippen LogP) is 3.75. The van der Waals surface area contributed by atoms with Crippen molar-refractivity contribution < 1.29 is 9.90 Å². The fourth-order valence-electron chi connectivity index (χ4n) is 4.94. The maximum Gasteiger partial charge on any atom is 0.265 e. The number of aliphatic hydroxyl groups excluding tert-OH is 1. The number of aromatic nitrogens is 2. The molecule has 2 aromatic carbocycles. The van der Waals surface area contributed by atoms with Crippen LogP contribution >= 0.6 is 23.2 Å². The van der Waals surface area contributed by atoms with E-state index in [9.17, 15) is 9.90 Å². The molecule has 0 spiro atoms. The smallest absolute Gasteiger partial charge is 0.265 e. The van der Waals surface area contributed by atoms with Crippen molar-refractivity contribution in [2.75, 3.05) is 46.8 Å². The second kappa shape index (κ2) is 8.85. The number of hydrogen-bond donors (Lipinski definition) is 3. The summed E-state index contributed by atoms with van der Waals surface area (Å²) in [6.45, 7) is 1.85. The highest BCUT2D eigenvalue weighted by Crippen LogP contribution is 2.38. The first-order chi connectivity index (χ1) is 17.4. The molecule has 3 aliphatic heterocycles. The number of nitrogens with zero attached hydrogens (tertiary/aromatic N) is 5. The zero-order chi connectivity index (χ0) is 25.0. The lowest BCUT2D eigenvalue weighted by atomic mass is 10.1. The standard InChI is InChI=1S/C25H23Cl2N7O2/c1-32-13-34(22-19(26)3-2-4-20(22)27)24(36)18-10-29-25(31-23(18)32)30-15-5-6-21(14(7-15)12-35)33-11-16-8-17(33)9-28-16/h2-8,10,17,28,35H,9,11-13H2,1H3,(H,29,30,31)/t17-/m0/s1. The number of carbonyl (C=O) groups excluding carboxylic acids is 1. The van der Waals surface area contributed by atoms with E-state index in [4.69, 9.17) is 23.2 Å². The molecule has 4 heterocycles. The van der Waals surface area contributed by atoms with E-state index in [0.717, 1.165) is 30.0 Å². The van der Waals surface area contributed by atoms with Gasteiger partial charge in [-0.3, -0.25) is 9.69 Å². The van der Waals surface area contributed by atoms with E-state index in [1.807, 2.05) is 30.1 Å². The summed E-state index contributed by atoms with van der Waals surface area (Å²) in [5.74, 6) is 0.576. The molecule has 11 heteroatoms. The first kappa shape index (κ1) is 22.9. The fraction of sp³-hybridized carbons (Fsp3) is 0.240. The Hall–Kier alpha value is -3.53. The molecule has 3 aromatic rings. The molecule has 36 heavy (non-hydrogen) atoms. The fourth-order valence-corrected chi connectivity index (χ4v) is 5.54. The monoisotopic (exact) mass is 523 g/mol. The van der Waals surface area contributed by atoms with Gasteiger partial charge in [-0.05, 0) is 36.4 Å². The van der Waals surface area contributed by atoms with Crippen molar-refractivity contribution in [2.24, 2.45) is 0 Å². The van der Waals surface area contributed by atoms with Crippen molar-refractivity contribution in [1.29, 1.82) is 0 Å². The molecular formula is C25H23Cl2N7O2. The Labute approximate surface area is 218 Å². The minimum absolute atomic E-state index is 0.0838. The average molecular weight is 524 g/mol. The highest BCUT2D eigenvalue weighted by Gasteiger charge is 2.33. The molecule has 2 bridgehead atoms. The summed E-state index contributed by atoms with van der Waals surface area (Å²) < 4.78 is 0. The third kappa shape index (κ3) is 3.80. The Morgan fingerprint density at radius 2 is 2.03 bits per heavy atom. The van der Waals surface area contributed by atoms with Gasteiger partial charge in [0.1, 0.15) is 11.4 Å². The van der Waals surface area contributed by atoms with E-state index >= 15 is 0 Å². The number of hydrogen-bond acceptors (Lipinski definition) is 8. The van der Waals surface area contributed by atoms with Crippen LogP contribution in [0.4, 0.5) is 28.8 Å². The van der Waals surface area contributed by atoms with E-state index in [1.54, 1.807) is 18.2 Å². The van der Waals surface area contributed by atoms with Crippen molar-refractivity contribution in [3.63, 3.8) is 0 Å². The molecule has 9 nitrogen and oxygen atoms in total. The van der Waals surface area contributed by atoms with Crippen LogP contribution in [0.25, 0.3) is 0 Å². The maximum atomic E-state index is 13.3. The van der Waals surface area contributed by atoms with Crippen molar-refractivity contribution in [1.82, 2.24) is 15.3 Å². The first-order valence-electron chi connectivity index (χ1n) is 11.5. The molecule has 3 aliphatic rings. The first-order valence-corrected chi connectivity index (χ1v) is 12.2. The highest BCUT2D eigenvalue weighted by molar-refractivity contribution is 6.40. The number of carbonyl (C=O) groups is 1. The van der Waals surface area contributed by atoms with Gasteiger partial charge in [-0.1, -0.05) is 29.3 Å². The van der Waals surface area contributed by atoms with E-state index in [-0.39, 0.29) is 19.2 Å². The Bertz CT molecular complexity index is 1390. The lowest BCUT2D eigenvalue weighted by Crippen LogP contribution is -2.46. The number of fused-ring (bicyclic) bond motifs is 2. The van der Waals surface area contributed by atoms with Crippen molar-refractivity contribution in [3.05, 3.63) is 75.5 Å². The normalized spacial score (nSPS) is 18.3. The van der Waals surface area contributed by atoms with Gasteiger partial charge in [0.2, 0.25) is 5.95 Å². The van der Waals surface area contributed by atoms with Crippen LogP contribution in [0.3, 0.4) is 0 Å². The minimum Gasteiger partial charge on any atom is -0.392 e. The molecule has 0 aliphatic carbocycles. The van der Waals surface area contributed by atoms with Crippen LogP contribution in [0.1, 0.15) is 15.9 Å². The summed E-state index contributed by atoms with van der Waals surface area (Å²) in [7, 11) is 1.84. The highest BCUT2D eigenvalue weighted by atomic mass is 35.5. The number of nitrogens with one attached hydrogen (secondary N) is 2. The second-order valence-electron chi connectivity index (χ2n) is 8.97. The lowest BCUT2D eigenvalue weighted by Gasteiger charge is -2.35. The van der Waals surface area contributed by atoms with Crippen LogP contribution < -0.4 is 25.3 Å². The summed E-state index contributed by atoms with van der Waals surface area (Å²) in [4.78, 5) is 27.9. The number of halogens is 2. The van der Waals surface area contributed by atoms with Gasteiger partial charge in [0.15, 0.2) is 0 Å². The molecule has 1 aromatic heterocycles. The van der Waals surface area contributed by atoms with E-state index < -0.39 is 0 Å². The van der Waals surface area contributed by atoms with Crippen LogP contribution in [-0.4, -0.2) is 53.8 Å². The minimum atomic E-state index is -0.277. The Morgan fingerprint density at radius 1 is 1.22 bits per heavy atom. The summed E-state index contributed by atoms with van der Waals surface area (Å²) >= 11 is 12.7. The summed E-state index contributed by atoms with van der Waals surface area (Å²) in [5, 5.41) is 17.4. The van der Waals surface area contributed by atoms with E-state index in [0.29, 0.717) is 39.1 Å². The molecule has 184 valence electrons. The van der Waals surface area contributed by atoms with Gasteiger partial charge >= 0.3 is 0 Å². The van der Waals surface area contributed by atoms with Gasteiger partial charge in [-0.25, -0.2) is 4.98 Å². The molecule has 6 rings (SSSR count). The lowest BCUT2D eigenvalue weighted by molar-refractivity contribution is 0.0982. The number of rotatable bonds is 5. The Morgan fingerprint density at radius 3 is 2.72 bits per heavy atom. The largest absolute Gasteiger partial charge is 0.392 e. The van der Waals surface area contributed by atoms with Crippen LogP contribution in [0.5, 0.6) is 0 Å². The van der Waals surface area contributed by atoms with Crippen molar-refractivity contribution >= 4 is 57.9 Å². The van der Waals surface area contributed by atoms with Crippen LogP contribution in [-0.2, 0) is 6.61 Å². The quantitative estimate of drug-likeness (QED) is 0.465. The number of aliphatic hydroxyl groups is 1. The summed E-state index contributed by atoms with van der Waals surface area (Å²) in [5.41, 5.74) is 4.61. The van der Waals surface area contributed by atoms with E-state index in [2.05, 4.69) is 31.6 Å². The zero-order valence-corrected chi connectivity index (χ0v) is 20.9. The molecule has 0 saturated heterocycles. The Kier molecular flexibility index (Phi) is 5.63. The molecule has 1 atom stereocenters. The third-order valence-electron chi connectivity index (χ3n) is 6.66. The van der Waals surface area contributed by atoms with Gasteiger partial charge < -0.3 is 25.5 Å². The number of piperazine rings is 1. The number of anilines is 5. The van der Waals surface area contributed by atoms with Gasteiger partial charge in [0.25, 0.3) is 5.91 Å². The van der Waals surface area contributed by atoms with Crippen LogP contribution in [0.15, 0.2) is 54.4 Å². The van der Waals surface area contributed by atoms with Crippen LogP contribution in [0, 0.1) is 0 Å². The SMILES string of the molecule is CN1CN(c2c(Cl)cccc2Cl)C(=O)c2cnc(Nc3ccc(N4CC5=C[C@H]4CN5)c(CO)c3)nc21. The van der Waals surface area contributed by atoms with Crippen LogP contribution in [0.2, 0.25) is 10.0 Å². The third-order valence-corrected chi connectivity index (χ3v) is 7.27. The number of benzene rings is 2. The topological polar surface area (TPSA) is 96.9 Å². The molecule has 0 unspecified atom stereocenters. The zero-order valence-electron chi connectivity index (χ0n) is 19.4. The van der Waals surface area contributed by atoms with Gasteiger partial charge in [0, 0.05) is 42.4 Å². The van der Waals surface area contributed by atoms with Crippen molar-refractivity contribution in [3.8, 4) is 0 Å². The number of amides is 1. The van der Waals surface area contributed by atoms with Gasteiger partial charge in [0.05, 0.1) is 41.6 Å². The molecule has 0 fully saturated rings. The summed E-state index contributed by atoms with van der Waals surface area (Å²) in [6, 6.07) is 11.3.